The summed E-state index contributed by atoms with van der Waals surface area (Å²) >= 11 is 0. The van der Waals surface area contributed by atoms with Gasteiger partial charge in [-0.3, -0.25) is 9.52 Å². The van der Waals surface area contributed by atoms with E-state index in [1.165, 1.54) is 0 Å². The molecule has 1 aliphatic rings. The fourth-order valence-electron chi connectivity index (χ4n) is 3.03. The normalized spacial score (nSPS) is 15.3. The average Bonchev–Trinajstić information content (AvgIpc) is 2.64. The highest BCUT2D eigenvalue weighted by molar-refractivity contribution is 7.89. The fraction of sp³-hybridized carbons (Fsp3) is 0.211. The number of ketones is 1. The Morgan fingerprint density at radius 1 is 0.960 bits per heavy atom. The summed E-state index contributed by atoms with van der Waals surface area (Å²) < 4.78 is 27.8. The molecule has 0 bridgehead atoms. The lowest BCUT2D eigenvalue weighted by Crippen LogP contribution is -2.37. The molecule has 1 heterocycles. The first-order valence-corrected chi connectivity index (χ1v) is 9.69. The summed E-state index contributed by atoms with van der Waals surface area (Å²) in [5.74, 6) is -0.333. The van der Waals surface area contributed by atoms with Gasteiger partial charge in [0, 0.05) is 24.2 Å². The van der Waals surface area contributed by atoms with Crippen LogP contribution in [0.1, 0.15) is 29.8 Å². The number of hydrogen-bond acceptors (Lipinski definition) is 4. The maximum atomic E-state index is 13.0. The highest BCUT2D eigenvalue weighted by Gasteiger charge is 2.34. The molecule has 2 aromatic carbocycles. The van der Waals surface area contributed by atoms with Gasteiger partial charge in [-0.1, -0.05) is 48.5 Å². The van der Waals surface area contributed by atoms with Crippen molar-refractivity contribution in [2.24, 2.45) is 0 Å². The summed E-state index contributed by atoms with van der Waals surface area (Å²) in [6.45, 7) is 5.28. The van der Waals surface area contributed by atoms with Gasteiger partial charge in [-0.25, -0.2) is 8.42 Å². The number of fused-ring (bicyclic) bond motifs is 1. The Bertz CT molecular complexity index is 930. The van der Waals surface area contributed by atoms with Gasteiger partial charge in [-0.15, -0.1) is 0 Å². The fourth-order valence-corrected chi connectivity index (χ4v) is 4.31. The van der Waals surface area contributed by atoms with Crippen molar-refractivity contribution in [1.29, 1.82) is 0 Å². The van der Waals surface area contributed by atoms with E-state index in [2.05, 4.69) is 4.72 Å². The van der Waals surface area contributed by atoms with E-state index in [1.807, 2.05) is 24.8 Å². The van der Waals surface area contributed by atoms with E-state index in [4.69, 9.17) is 0 Å². The third-order valence-corrected chi connectivity index (χ3v) is 5.66. The van der Waals surface area contributed by atoms with Gasteiger partial charge in [0.2, 0.25) is 5.78 Å². The quantitative estimate of drug-likeness (QED) is 0.837. The number of allylic oxidation sites excluding steroid dienone is 1. The molecule has 130 valence electrons. The Balaban J connectivity index is 2.28. The Kier molecular flexibility index (Phi) is 4.63. The van der Waals surface area contributed by atoms with E-state index >= 15 is 0 Å². The molecule has 1 aliphatic heterocycles. The molecule has 0 radical (unpaired) electrons. The number of carbonyl (C=O) groups excluding carboxylic acids is 1. The van der Waals surface area contributed by atoms with E-state index < -0.39 is 10.0 Å². The number of nitrogens with zero attached hydrogens (tertiary/aromatic N) is 1. The molecule has 2 aromatic rings. The topological polar surface area (TPSA) is 66.5 Å². The molecule has 6 heteroatoms. The minimum absolute atomic E-state index is 0.105. The van der Waals surface area contributed by atoms with Gasteiger partial charge in [-0.2, -0.15) is 0 Å². The summed E-state index contributed by atoms with van der Waals surface area (Å²) in [5.41, 5.74) is 1.74. The van der Waals surface area contributed by atoms with Crippen LogP contribution in [0.15, 0.2) is 65.2 Å². The van der Waals surface area contributed by atoms with Crippen molar-refractivity contribution >= 4 is 21.5 Å². The van der Waals surface area contributed by atoms with Crippen LogP contribution in [0.25, 0.3) is 5.70 Å². The number of sulfonamides is 1. The number of benzene rings is 2. The molecule has 1 N–H and O–H groups in total. The van der Waals surface area contributed by atoms with E-state index in [9.17, 15) is 13.2 Å². The number of rotatable bonds is 5. The summed E-state index contributed by atoms with van der Waals surface area (Å²) in [4.78, 5) is 15.2. The number of carbonyl (C=O) groups is 1. The molecule has 0 fully saturated rings. The maximum Gasteiger partial charge on any atom is 0.262 e. The number of hydrogen-bond donors (Lipinski definition) is 1. The highest BCUT2D eigenvalue weighted by atomic mass is 32.2. The van der Waals surface area contributed by atoms with Crippen LogP contribution in [0.2, 0.25) is 0 Å². The second-order valence-electron chi connectivity index (χ2n) is 5.69. The zero-order chi connectivity index (χ0) is 18.0. The molecule has 0 unspecified atom stereocenters. The first-order chi connectivity index (χ1) is 12.0. The number of Topliss-reactive ketones (excluding diaryl/α,β-unsaturated/α-hetero) is 1. The van der Waals surface area contributed by atoms with Crippen LogP contribution in [0.4, 0.5) is 0 Å². The Morgan fingerprint density at radius 3 is 2.20 bits per heavy atom. The van der Waals surface area contributed by atoms with Gasteiger partial charge in [0.1, 0.15) is 5.70 Å². The van der Waals surface area contributed by atoms with Crippen molar-refractivity contribution in [1.82, 2.24) is 9.62 Å². The van der Waals surface area contributed by atoms with Gasteiger partial charge in [0.05, 0.1) is 10.6 Å². The maximum absolute atomic E-state index is 13.0. The second kappa shape index (κ2) is 6.72. The molecule has 5 nitrogen and oxygen atoms in total. The lowest BCUT2D eigenvalue weighted by Gasteiger charge is -2.32. The molecule has 0 aliphatic carbocycles. The molecule has 0 saturated carbocycles. The van der Waals surface area contributed by atoms with E-state index in [1.54, 1.807) is 48.5 Å². The van der Waals surface area contributed by atoms with Gasteiger partial charge in [-0.05, 0) is 19.9 Å². The zero-order valence-electron chi connectivity index (χ0n) is 14.2. The lowest BCUT2D eigenvalue weighted by molar-refractivity contribution is 0.102. The molecular formula is C19H20N2O3S. The average molecular weight is 356 g/mol. The van der Waals surface area contributed by atoms with Crippen molar-refractivity contribution in [3.8, 4) is 0 Å². The van der Waals surface area contributed by atoms with Crippen molar-refractivity contribution in [2.75, 3.05) is 13.1 Å². The smallest absolute Gasteiger partial charge is 0.262 e. The monoisotopic (exact) mass is 356 g/mol. The van der Waals surface area contributed by atoms with Crippen molar-refractivity contribution < 1.29 is 13.2 Å². The van der Waals surface area contributed by atoms with Gasteiger partial charge in [0.15, 0.2) is 0 Å². The molecule has 3 rings (SSSR count). The first kappa shape index (κ1) is 17.2. The minimum Gasteiger partial charge on any atom is -0.370 e. The van der Waals surface area contributed by atoms with Crippen LogP contribution in [-0.4, -0.2) is 32.2 Å². The lowest BCUT2D eigenvalue weighted by atomic mass is 10.0. The van der Waals surface area contributed by atoms with Gasteiger partial charge in [0.25, 0.3) is 10.0 Å². The predicted octanol–water partition coefficient (Wildman–Crippen LogP) is 2.87. The Morgan fingerprint density at radius 2 is 1.56 bits per heavy atom. The van der Waals surface area contributed by atoms with Crippen LogP contribution in [0.3, 0.4) is 0 Å². The summed E-state index contributed by atoms with van der Waals surface area (Å²) in [5, 5.41) is 0. The van der Waals surface area contributed by atoms with Crippen LogP contribution in [0, 0.1) is 0 Å². The Labute approximate surface area is 148 Å². The zero-order valence-corrected chi connectivity index (χ0v) is 15.0. The van der Waals surface area contributed by atoms with Gasteiger partial charge < -0.3 is 4.90 Å². The third-order valence-electron chi connectivity index (χ3n) is 4.25. The minimum atomic E-state index is -3.78. The summed E-state index contributed by atoms with van der Waals surface area (Å²) in [6.07, 6.45) is 0. The molecule has 0 atom stereocenters. The highest BCUT2D eigenvalue weighted by Crippen LogP contribution is 2.34. The summed E-state index contributed by atoms with van der Waals surface area (Å²) in [6, 6.07) is 15.5. The molecule has 0 spiro atoms. The summed E-state index contributed by atoms with van der Waals surface area (Å²) in [7, 11) is -3.78. The molecule has 25 heavy (non-hydrogen) atoms. The van der Waals surface area contributed by atoms with Gasteiger partial charge >= 0.3 is 0 Å². The van der Waals surface area contributed by atoms with E-state index in [-0.39, 0.29) is 16.4 Å². The van der Waals surface area contributed by atoms with Crippen molar-refractivity contribution in [3.63, 3.8) is 0 Å². The van der Waals surface area contributed by atoms with Crippen LogP contribution in [-0.2, 0) is 10.0 Å². The van der Waals surface area contributed by atoms with Crippen molar-refractivity contribution in [2.45, 2.75) is 18.7 Å². The predicted molar refractivity (Wildman–Crippen MR) is 97.4 cm³/mol. The molecule has 0 amide bonds. The van der Waals surface area contributed by atoms with Crippen LogP contribution >= 0.6 is 0 Å². The SMILES string of the molecule is CCN(CC)C1=C(C(=O)c2ccccc2)NS(=O)(=O)c2ccccc21. The second-order valence-corrected chi connectivity index (χ2v) is 7.34. The van der Waals surface area contributed by atoms with Crippen LogP contribution < -0.4 is 4.72 Å². The number of nitrogens with one attached hydrogen (secondary N) is 1. The largest absolute Gasteiger partial charge is 0.370 e. The molecule has 0 saturated heterocycles. The standard InChI is InChI=1S/C19H20N2O3S/c1-3-21(4-2)18-15-12-8-9-13-16(15)25(23,24)20-17(18)19(22)14-10-6-5-7-11-14/h5-13,20H,3-4H2,1-2H3. The third kappa shape index (κ3) is 3.05. The van der Waals surface area contributed by atoms with E-state index in [0.29, 0.717) is 29.9 Å². The Hall–Kier alpha value is -2.60. The first-order valence-electron chi connectivity index (χ1n) is 8.20. The molecular weight excluding hydrogens is 336 g/mol. The molecule has 0 aromatic heterocycles. The van der Waals surface area contributed by atoms with Crippen molar-refractivity contribution in [3.05, 3.63) is 71.4 Å². The van der Waals surface area contributed by atoms with E-state index in [0.717, 1.165) is 0 Å². The van der Waals surface area contributed by atoms with Crippen LogP contribution in [0.5, 0.6) is 0 Å².